The maximum Gasteiger partial charge on any atom is 0.260 e. The molecule has 1 N–H and O–H groups in total. The lowest BCUT2D eigenvalue weighted by Crippen LogP contribution is -2.32. The van der Waals surface area contributed by atoms with E-state index in [-0.39, 0.29) is 23.1 Å². The Morgan fingerprint density at radius 2 is 1.89 bits per heavy atom. The quantitative estimate of drug-likeness (QED) is 0.294. The molecule has 5 rings (SSSR count). The van der Waals surface area contributed by atoms with Crippen LogP contribution in [-0.4, -0.2) is 46.5 Å². The first-order chi connectivity index (χ1) is 16.8. The van der Waals surface area contributed by atoms with E-state index in [1.807, 2.05) is 25.3 Å². The molecular formula is C24H23ClN6O2S2. The van der Waals surface area contributed by atoms with Crippen LogP contribution in [0.1, 0.15) is 24.6 Å². The first-order valence-corrected chi connectivity index (χ1v) is 14.5. The number of fused-ring (bicyclic) bond motifs is 1. The molecule has 1 aliphatic rings. The van der Waals surface area contributed by atoms with Gasteiger partial charge in [0.1, 0.15) is 5.65 Å². The number of aromatic nitrogens is 5. The molecule has 0 spiro atoms. The molecular weight excluding hydrogens is 504 g/mol. The normalized spacial score (nSPS) is 20.3. The van der Waals surface area contributed by atoms with Crippen LogP contribution in [-0.2, 0) is 9.73 Å². The fraction of sp³-hybridized carbons (Fsp3) is 0.292. The molecule has 0 amide bonds. The summed E-state index contributed by atoms with van der Waals surface area (Å²) < 4.78 is 21.9. The third kappa shape index (κ3) is 4.70. The summed E-state index contributed by atoms with van der Waals surface area (Å²) in [7, 11) is -2.59. The van der Waals surface area contributed by atoms with Crippen LogP contribution in [0.4, 0.5) is 0 Å². The first kappa shape index (κ1) is 23.9. The second kappa shape index (κ2) is 9.33. The molecule has 0 atom stereocenters. The highest BCUT2D eigenvalue weighted by Gasteiger charge is 2.27. The molecule has 1 aliphatic heterocycles. The van der Waals surface area contributed by atoms with E-state index in [9.17, 15) is 9.00 Å². The first-order valence-electron chi connectivity index (χ1n) is 11.0. The Balaban J connectivity index is 1.67. The second-order valence-corrected chi connectivity index (χ2v) is 12.2. The van der Waals surface area contributed by atoms with Crippen molar-refractivity contribution in [2.45, 2.75) is 31.0 Å². The number of pyridine rings is 1. The molecule has 3 aromatic heterocycles. The van der Waals surface area contributed by atoms with Crippen molar-refractivity contribution in [1.82, 2.24) is 24.5 Å². The number of aryl methyl sites for hydroxylation is 1. The zero-order chi connectivity index (χ0) is 24.7. The Kier molecular flexibility index (Phi) is 6.37. The van der Waals surface area contributed by atoms with Crippen molar-refractivity contribution in [2.24, 2.45) is 0 Å². The molecule has 0 radical (unpaired) electrons. The number of halogens is 1. The molecule has 35 heavy (non-hydrogen) atoms. The van der Waals surface area contributed by atoms with Gasteiger partial charge in [0.05, 0.1) is 17.6 Å². The minimum atomic E-state index is -2.59. The minimum absolute atomic E-state index is 0.199. The van der Waals surface area contributed by atoms with Crippen molar-refractivity contribution in [3.63, 3.8) is 0 Å². The van der Waals surface area contributed by atoms with E-state index >= 15 is 0 Å². The standard InChI is InChI=1S/C24H23ClN6O2S2/c1-14-11-27-13-21(29-14)15-3-4-18(20(25)10-15)19-9-16-12-28-24(34-2)30-22(16)31(23(19)32)17-5-7-35(26,33)8-6-17/h3-4,9-13,17,26H,5-8H2,1-2H3. The van der Waals surface area contributed by atoms with Crippen LogP contribution in [0.3, 0.4) is 0 Å². The predicted octanol–water partition coefficient (Wildman–Crippen LogP) is 4.98. The number of rotatable bonds is 4. The van der Waals surface area contributed by atoms with Gasteiger partial charge in [-0.25, -0.2) is 19.2 Å². The van der Waals surface area contributed by atoms with E-state index in [0.29, 0.717) is 45.5 Å². The Bertz CT molecular complexity index is 1610. The van der Waals surface area contributed by atoms with E-state index in [1.165, 1.54) is 11.8 Å². The van der Waals surface area contributed by atoms with Gasteiger partial charge in [-0.1, -0.05) is 35.5 Å². The van der Waals surface area contributed by atoms with Crippen molar-refractivity contribution in [2.75, 3.05) is 17.8 Å². The molecule has 11 heteroatoms. The van der Waals surface area contributed by atoms with Gasteiger partial charge < -0.3 is 0 Å². The Hall–Kier alpha value is -2.82. The van der Waals surface area contributed by atoms with Crippen molar-refractivity contribution >= 4 is 44.1 Å². The topological polar surface area (TPSA) is 114 Å². The van der Waals surface area contributed by atoms with Crippen molar-refractivity contribution in [1.29, 1.82) is 4.78 Å². The van der Waals surface area contributed by atoms with E-state index in [1.54, 1.807) is 35.3 Å². The van der Waals surface area contributed by atoms with E-state index in [2.05, 4.69) is 19.9 Å². The van der Waals surface area contributed by atoms with Gasteiger partial charge >= 0.3 is 0 Å². The lowest BCUT2D eigenvalue weighted by molar-refractivity contribution is 0.458. The van der Waals surface area contributed by atoms with Crippen LogP contribution in [0.5, 0.6) is 0 Å². The number of hydrogen-bond donors (Lipinski definition) is 1. The molecule has 0 bridgehead atoms. The SMILES string of the molecule is CSc1ncc2cc(-c3ccc(-c4cncc(C)n4)cc3Cl)c(=O)n(C3CCS(=N)(=O)CC3)c2n1. The summed E-state index contributed by atoms with van der Waals surface area (Å²) in [4.78, 5) is 31.6. The van der Waals surface area contributed by atoms with Gasteiger partial charge in [-0.3, -0.25) is 19.1 Å². The molecule has 1 aromatic carbocycles. The van der Waals surface area contributed by atoms with Gasteiger partial charge in [0.15, 0.2) is 5.16 Å². The third-order valence-corrected chi connectivity index (χ3v) is 8.84. The second-order valence-electron chi connectivity index (χ2n) is 8.56. The van der Waals surface area contributed by atoms with Gasteiger partial charge in [0, 0.05) is 66.8 Å². The molecule has 4 aromatic rings. The third-order valence-electron chi connectivity index (χ3n) is 6.17. The van der Waals surface area contributed by atoms with Crippen LogP contribution in [0.15, 0.2) is 52.8 Å². The summed E-state index contributed by atoms with van der Waals surface area (Å²) in [5.41, 5.74) is 3.69. The summed E-state index contributed by atoms with van der Waals surface area (Å²) in [5, 5.41) is 1.72. The van der Waals surface area contributed by atoms with Gasteiger partial charge in [-0.2, -0.15) is 0 Å². The molecule has 8 nitrogen and oxygen atoms in total. The number of thioether (sulfide) groups is 1. The lowest BCUT2D eigenvalue weighted by atomic mass is 10.0. The molecule has 0 saturated carbocycles. The number of nitrogens with one attached hydrogen (secondary N) is 1. The number of nitrogens with zero attached hydrogens (tertiary/aromatic N) is 5. The molecule has 1 saturated heterocycles. The van der Waals surface area contributed by atoms with Gasteiger partial charge in [-0.05, 0) is 38.2 Å². The highest BCUT2D eigenvalue weighted by atomic mass is 35.5. The van der Waals surface area contributed by atoms with Gasteiger partial charge in [-0.15, -0.1) is 0 Å². The van der Waals surface area contributed by atoms with Crippen molar-refractivity contribution < 1.29 is 4.21 Å². The number of hydrogen-bond acceptors (Lipinski definition) is 8. The zero-order valence-electron chi connectivity index (χ0n) is 19.2. The average Bonchev–Trinajstić information content (AvgIpc) is 2.84. The van der Waals surface area contributed by atoms with Crippen molar-refractivity contribution in [3.8, 4) is 22.4 Å². The summed E-state index contributed by atoms with van der Waals surface area (Å²) in [6.45, 7) is 1.87. The summed E-state index contributed by atoms with van der Waals surface area (Å²) in [6.07, 6.45) is 7.93. The fourth-order valence-electron chi connectivity index (χ4n) is 4.39. The van der Waals surface area contributed by atoms with Crippen LogP contribution in [0.2, 0.25) is 5.02 Å². The van der Waals surface area contributed by atoms with E-state index < -0.39 is 9.73 Å². The smallest absolute Gasteiger partial charge is 0.260 e. The van der Waals surface area contributed by atoms with Crippen LogP contribution in [0.25, 0.3) is 33.4 Å². The zero-order valence-corrected chi connectivity index (χ0v) is 21.6. The van der Waals surface area contributed by atoms with Crippen LogP contribution in [0, 0.1) is 11.7 Å². The number of benzene rings is 1. The highest BCUT2D eigenvalue weighted by Crippen LogP contribution is 2.33. The van der Waals surface area contributed by atoms with Gasteiger partial charge in [0.25, 0.3) is 5.56 Å². The minimum Gasteiger partial charge on any atom is -0.289 e. The molecule has 4 heterocycles. The average molecular weight is 527 g/mol. The predicted molar refractivity (Wildman–Crippen MR) is 141 cm³/mol. The molecule has 0 unspecified atom stereocenters. The van der Waals surface area contributed by atoms with E-state index in [4.69, 9.17) is 16.4 Å². The fourth-order valence-corrected chi connectivity index (χ4v) is 6.52. The van der Waals surface area contributed by atoms with Crippen LogP contribution < -0.4 is 5.56 Å². The van der Waals surface area contributed by atoms with Crippen molar-refractivity contribution in [3.05, 3.63) is 63.9 Å². The maximum absolute atomic E-state index is 13.9. The summed E-state index contributed by atoms with van der Waals surface area (Å²) in [6, 6.07) is 7.07. The molecule has 180 valence electrons. The Morgan fingerprint density at radius 3 is 2.57 bits per heavy atom. The Labute approximate surface area is 212 Å². The molecule has 1 fully saturated rings. The highest BCUT2D eigenvalue weighted by molar-refractivity contribution is 7.98. The van der Waals surface area contributed by atoms with E-state index in [0.717, 1.165) is 16.6 Å². The monoisotopic (exact) mass is 526 g/mol. The van der Waals surface area contributed by atoms with Gasteiger partial charge in [0.2, 0.25) is 0 Å². The van der Waals surface area contributed by atoms with Crippen LogP contribution >= 0.6 is 23.4 Å². The Morgan fingerprint density at radius 1 is 1.11 bits per heavy atom. The summed E-state index contributed by atoms with van der Waals surface area (Å²) >= 11 is 8.11. The lowest BCUT2D eigenvalue weighted by Gasteiger charge is -2.27. The molecule has 0 aliphatic carbocycles. The maximum atomic E-state index is 13.9. The summed E-state index contributed by atoms with van der Waals surface area (Å²) in [5.74, 6) is 0.534. The largest absolute Gasteiger partial charge is 0.289 e.